The molecule has 0 N–H and O–H groups in total. The number of alkyl halides is 1. The Morgan fingerprint density at radius 2 is 1.86 bits per heavy atom. The van der Waals surface area contributed by atoms with Crippen LogP contribution in [0.5, 0.6) is 0 Å². The van der Waals surface area contributed by atoms with E-state index in [0.29, 0.717) is 5.38 Å². The first-order valence-corrected chi connectivity index (χ1v) is 6.62. The lowest BCUT2D eigenvalue weighted by Gasteiger charge is -2.07. The van der Waals surface area contributed by atoms with Crippen molar-refractivity contribution in [2.24, 2.45) is 0 Å². The maximum atomic E-state index is 6.16. The molecular formula is C12H16ClI. The first-order valence-electron chi connectivity index (χ1n) is 5.11. The molecule has 0 radical (unpaired) electrons. The van der Waals surface area contributed by atoms with Gasteiger partial charge in [-0.3, -0.25) is 0 Å². The van der Waals surface area contributed by atoms with Gasteiger partial charge in [-0.25, -0.2) is 0 Å². The Bertz CT molecular complexity index is 256. The summed E-state index contributed by atoms with van der Waals surface area (Å²) >= 11 is 8.49. The molecule has 0 bridgehead atoms. The molecule has 2 heteroatoms. The molecule has 0 fully saturated rings. The lowest BCUT2D eigenvalue weighted by molar-refractivity contribution is 0.676. The number of halogens is 2. The lowest BCUT2D eigenvalue weighted by Crippen LogP contribution is -1.99. The maximum absolute atomic E-state index is 6.16. The molecule has 0 aliphatic heterocycles. The van der Waals surface area contributed by atoms with Crippen molar-refractivity contribution < 1.29 is 0 Å². The SMILES string of the molecule is CCCC(Cl)CCc1ccc(I)cc1. The Hall–Kier alpha value is 0.240. The molecule has 78 valence electrons. The van der Waals surface area contributed by atoms with Gasteiger partial charge >= 0.3 is 0 Å². The second kappa shape index (κ2) is 6.67. The van der Waals surface area contributed by atoms with Crippen molar-refractivity contribution in [3.8, 4) is 0 Å². The van der Waals surface area contributed by atoms with Gasteiger partial charge in [-0.15, -0.1) is 11.6 Å². The van der Waals surface area contributed by atoms with Crippen molar-refractivity contribution in [1.82, 2.24) is 0 Å². The minimum Gasteiger partial charge on any atom is -0.123 e. The van der Waals surface area contributed by atoms with Gasteiger partial charge in [0.2, 0.25) is 0 Å². The van der Waals surface area contributed by atoms with Crippen molar-refractivity contribution in [2.45, 2.75) is 38.0 Å². The predicted octanol–water partition coefficient (Wildman–Crippen LogP) is 4.63. The molecule has 0 saturated heterocycles. The van der Waals surface area contributed by atoms with Crippen molar-refractivity contribution in [1.29, 1.82) is 0 Å². The molecule has 1 atom stereocenters. The van der Waals surface area contributed by atoms with Crippen LogP contribution in [-0.4, -0.2) is 5.38 Å². The van der Waals surface area contributed by atoms with Crippen LogP contribution in [0.4, 0.5) is 0 Å². The standard InChI is InChI=1S/C12H16ClI/c1-2-3-11(13)7-4-10-5-8-12(14)9-6-10/h5-6,8-9,11H,2-4,7H2,1H3. The fourth-order valence-corrected chi connectivity index (χ4v) is 2.12. The zero-order valence-corrected chi connectivity index (χ0v) is 11.4. The van der Waals surface area contributed by atoms with Gasteiger partial charge in [-0.2, -0.15) is 0 Å². The Morgan fingerprint density at radius 1 is 1.21 bits per heavy atom. The molecule has 14 heavy (non-hydrogen) atoms. The highest BCUT2D eigenvalue weighted by molar-refractivity contribution is 14.1. The van der Waals surface area contributed by atoms with Crippen LogP contribution in [0, 0.1) is 3.57 Å². The number of aryl methyl sites for hydroxylation is 1. The topological polar surface area (TPSA) is 0 Å². The van der Waals surface area contributed by atoms with E-state index in [9.17, 15) is 0 Å². The van der Waals surface area contributed by atoms with Crippen LogP contribution in [0.2, 0.25) is 0 Å². The van der Waals surface area contributed by atoms with Gasteiger partial charge in [0, 0.05) is 8.95 Å². The summed E-state index contributed by atoms with van der Waals surface area (Å²) in [4.78, 5) is 0. The Kier molecular flexibility index (Phi) is 5.87. The minimum absolute atomic E-state index is 0.347. The second-order valence-corrected chi connectivity index (χ2v) is 5.41. The largest absolute Gasteiger partial charge is 0.123 e. The van der Waals surface area contributed by atoms with Crippen LogP contribution in [0.3, 0.4) is 0 Å². The molecule has 1 aromatic rings. The first kappa shape index (κ1) is 12.3. The molecule has 0 saturated carbocycles. The third-order valence-electron chi connectivity index (χ3n) is 2.26. The molecule has 1 rings (SSSR count). The van der Waals surface area contributed by atoms with E-state index < -0.39 is 0 Å². The van der Waals surface area contributed by atoms with Gasteiger partial charge in [0.25, 0.3) is 0 Å². The summed E-state index contributed by atoms with van der Waals surface area (Å²) in [6.07, 6.45) is 4.51. The van der Waals surface area contributed by atoms with Crippen molar-refractivity contribution in [3.05, 3.63) is 33.4 Å². The van der Waals surface area contributed by atoms with Crippen LogP contribution < -0.4 is 0 Å². The third kappa shape index (κ3) is 4.65. The molecular weight excluding hydrogens is 306 g/mol. The molecule has 0 spiro atoms. The maximum Gasteiger partial charge on any atom is 0.0339 e. The average Bonchev–Trinajstić information content (AvgIpc) is 2.17. The van der Waals surface area contributed by atoms with E-state index in [2.05, 4.69) is 53.8 Å². The van der Waals surface area contributed by atoms with E-state index in [1.165, 1.54) is 15.6 Å². The Balaban J connectivity index is 2.34. The van der Waals surface area contributed by atoms with Crippen LogP contribution in [-0.2, 0) is 6.42 Å². The zero-order valence-electron chi connectivity index (χ0n) is 8.47. The Labute approximate surface area is 105 Å². The van der Waals surface area contributed by atoms with Gasteiger partial charge in [0.1, 0.15) is 0 Å². The van der Waals surface area contributed by atoms with E-state index >= 15 is 0 Å². The summed E-state index contributed by atoms with van der Waals surface area (Å²) in [6, 6.07) is 8.69. The zero-order chi connectivity index (χ0) is 10.4. The molecule has 1 unspecified atom stereocenters. The van der Waals surface area contributed by atoms with Crippen molar-refractivity contribution in [3.63, 3.8) is 0 Å². The van der Waals surface area contributed by atoms with Crippen LogP contribution in [0.15, 0.2) is 24.3 Å². The van der Waals surface area contributed by atoms with Crippen LogP contribution >= 0.6 is 34.2 Å². The number of rotatable bonds is 5. The molecule has 0 amide bonds. The fourth-order valence-electron chi connectivity index (χ4n) is 1.43. The molecule has 0 nitrogen and oxygen atoms in total. The predicted molar refractivity (Wildman–Crippen MR) is 72.0 cm³/mol. The van der Waals surface area contributed by atoms with E-state index in [-0.39, 0.29) is 0 Å². The fraction of sp³-hybridized carbons (Fsp3) is 0.500. The van der Waals surface area contributed by atoms with Gasteiger partial charge in [-0.05, 0) is 59.5 Å². The highest BCUT2D eigenvalue weighted by Gasteiger charge is 2.03. The highest BCUT2D eigenvalue weighted by Crippen LogP contribution is 2.14. The van der Waals surface area contributed by atoms with E-state index in [0.717, 1.165) is 19.3 Å². The van der Waals surface area contributed by atoms with E-state index in [1.54, 1.807) is 0 Å². The molecule has 0 aliphatic rings. The van der Waals surface area contributed by atoms with Crippen LogP contribution in [0.1, 0.15) is 31.7 Å². The van der Waals surface area contributed by atoms with Gasteiger partial charge in [0.05, 0.1) is 0 Å². The summed E-state index contributed by atoms with van der Waals surface area (Å²) < 4.78 is 1.29. The first-order chi connectivity index (χ1) is 6.72. The smallest absolute Gasteiger partial charge is 0.0339 e. The third-order valence-corrected chi connectivity index (χ3v) is 3.42. The summed E-state index contributed by atoms with van der Waals surface area (Å²) in [6.45, 7) is 2.18. The highest BCUT2D eigenvalue weighted by atomic mass is 127. The Morgan fingerprint density at radius 3 is 2.43 bits per heavy atom. The number of hydrogen-bond acceptors (Lipinski definition) is 0. The summed E-state index contributed by atoms with van der Waals surface area (Å²) in [7, 11) is 0. The molecule has 0 heterocycles. The minimum atomic E-state index is 0.347. The van der Waals surface area contributed by atoms with E-state index in [4.69, 9.17) is 11.6 Å². The van der Waals surface area contributed by atoms with Crippen molar-refractivity contribution in [2.75, 3.05) is 0 Å². The average molecular weight is 323 g/mol. The van der Waals surface area contributed by atoms with Gasteiger partial charge < -0.3 is 0 Å². The van der Waals surface area contributed by atoms with Crippen molar-refractivity contribution >= 4 is 34.2 Å². The summed E-state index contributed by atoms with van der Waals surface area (Å²) in [5.41, 5.74) is 1.40. The normalized spacial score (nSPS) is 12.8. The molecule has 0 aromatic heterocycles. The van der Waals surface area contributed by atoms with Gasteiger partial charge in [0.15, 0.2) is 0 Å². The molecule has 1 aromatic carbocycles. The molecule has 0 aliphatic carbocycles. The van der Waals surface area contributed by atoms with Crippen LogP contribution in [0.25, 0.3) is 0 Å². The number of hydrogen-bond donors (Lipinski definition) is 0. The lowest BCUT2D eigenvalue weighted by atomic mass is 10.1. The summed E-state index contributed by atoms with van der Waals surface area (Å²) in [5, 5.41) is 0.347. The monoisotopic (exact) mass is 322 g/mol. The quantitative estimate of drug-likeness (QED) is 0.547. The van der Waals surface area contributed by atoms with Gasteiger partial charge in [-0.1, -0.05) is 25.5 Å². The summed E-state index contributed by atoms with van der Waals surface area (Å²) in [5.74, 6) is 0. The second-order valence-electron chi connectivity index (χ2n) is 3.55. The van der Waals surface area contributed by atoms with E-state index in [1.807, 2.05) is 0 Å². The number of benzene rings is 1.